The highest BCUT2D eigenvalue weighted by Gasteiger charge is 2.20. The molecule has 0 aliphatic heterocycles. The summed E-state index contributed by atoms with van der Waals surface area (Å²) in [5, 5.41) is 0. The first kappa shape index (κ1) is 24.4. The summed E-state index contributed by atoms with van der Waals surface area (Å²) in [5.41, 5.74) is 3.46. The highest BCUT2D eigenvalue weighted by molar-refractivity contribution is 7.91. The summed E-state index contributed by atoms with van der Waals surface area (Å²) < 4.78 is 24.9. The van der Waals surface area contributed by atoms with Crippen LogP contribution in [0.1, 0.15) is 52.0 Å². The average Bonchev–Trinajstić information content (AvgIpc) is 3.04. The van der Waals surface area contributed by atoms with Gasteiger partial charge in [-0.1, -0.05) is 96.7 Å². The molecule has 2 aromatic rings. The number of benzene rings is 1. The molecule has 1 heterocycles. The van der Waals surface area contributed by atoms with Crippen LogP contribution in [0.2, 0.25) is 0 Å². The molecule has 4 heteroatoms. The SMILES string of the molecule is C=C/C=C(\C=C/Cc1cc(S(C)(=O)=O)c(-c2ccc(C(C)(C)C)cc2)s1)C(C)(C)C. The van der Waals surface area contributed by atoms with Gasteiger partial charge in [0.05, 0.1) is 9.77 Å². The van der Waals surface area contributed by atoms with Crippen LogP contribution in [0.3, 0.4) is 0 Å². The second-order valence-electron chi connectivity index (χ2n) is 9.72. The van der Waals surface area contributed by atoms with Gasteiger partial charge in [-0.25, -0.2) is 8.42 Å². The van der Waals surface area contributed by atoms with Gasteiger partial charge in [-0.2, -0.15) is 0 Å². The first-order valence-electron chi connectivity index (χ1n) is 10.2. The predicted octanol–water partition coefficient (Wildman–Crippen LogP) is 7.37. The minimum Gasteiger partial charge on any atom is -0.224 e. The largest absolute Gasteiger partial charge is 0.224 e. The zero-order valence-corrected chi connectivity index (χ0v) is 20.9. The van der Waals surface area contributed by atoms with Crippen molar-refractivity contribution in [2.24, 2.45) is 5.41 Å². The predicted molar refractivity (Wildman–Crippen MR) is 132 cm³/mol. The molecule has 162 valence electrons. The van der Waals surface area contributed by atoms with Gasteiger partial charge in [0.2, 0.25) is 0 Å². The summed E-state index contributed by atoms with van der Waals surface area (Å²) in [6, 6.07) is 10.1. The van der Waals surface area contributed by atoms with Gasteiger partial charge >= 0.3 is 0 Å². The molecule has 0 bridgehead atoms. The van der Waals surface area contributed by atoms with Gasteiger partial charge in [0, 0.05) is 17.6 Å². The zero-order chi connectivity index (χ0) is 22.7. The van der Waals surface area contributed by atoms with Crippen LogP contribution < -0.4 is 0 Å². The Hall–Kier alpha value is -1.91. The van der Waals surface area contributed by atoms with E-state index in [1.807, 2.05) is 24.3 Å². The highest BCUT2D eigenvalue weighted by atomic mass is 32.2. The van der Waals surface area contributed by atoms with Crippen molar-refractivity contribution < 1.29 is 8.42 Å². The average molecular weight is 443 g/mol. The van der Waals surface area contributed by atoms with Crippen molar-refractivity contribution >= 4 is 21.2 Å². The third-order valence-electron chi connectivity index (χ3n) is 4.94. The number of allylic oxidation sites excluding steroid dienone is 5. The lowest BCUT2D eigenvalue weighted by atomic mass is 9.86. The lowest BCUT2D eigenvalue weighted by molar-refractivity contribution is 0.517. The maximum absolute atomic E-state index is 12.4. The van der Waals surface area contributed by atoms with Gasteiger partial charge in [0.25, 0.3) is 0 Å². The van der Waals surface area contributed by atoms with Crippen molar-refractivity contribution in [1.82, 2.24) is 0 Å². The van der Waals surface area contributed by atoms with Crippen molar-refractivity contribution in [3.8, 4) is 10.4 Å². The Morgan fingerprint density at radius 3 is 2.13 bits per heavy atom. The van der Waals surface area contributed by atoms with Crippen LogP contribution in [-0.2, 0) is 21.7 Å². The van der Waals surface area contributed by atoms with E-state index in [9.17, 15) is 8.42 Å². The first-order chi connectivity index (χ1) is 13.7. The standard InChI is InChI=1S/C26H34O2S2/c1-9-11-20(25(2,3)4)12-10-13-22-18-23(30(8,27)28)24(29-22)19-14-16-21(17-15-19)26(5,6)7/h9-12,14-18H,1,13H2,2-8H3/b12-10-,20-11+. The lowest BCUT2D eigenvalue weighted by Crippen LogP contribution is -2.10. The van der Waals surface area contributed by atoms with E-state index < -0.39 is 9.84 Å². The lowest BCUT2D eigenvalue weighted by Gasteiger charge is -2.19. The third-order valence-corrected chi connectivity index (χ3v) is 7.40. The maximum Gasteiger partial charge on any atom is 0.176 e. The van der Waals surface area contributed by atoms with Crippen LogP contribution in [0.15, 0.2) is 71.7 Å². The van der Waals surface area contributed by atoms with Gasteiger partial charge in [0.1, 0.15) is 0 Å². The van der Waals surface area contributed by atoms with E-state index in [1.165, 1.54) is 17.4 Å². The Labute approximate surface area is 187 Å². The summed E-state index contributed by atoms with van der Waals surface area (Å²) >= 11 is 1.56. The van der Waals surface area contributed by atoms with Crippen molar-refractivity contribution in [3.05, 3.63) is 77.2 Å². The molecule has 0 fully saturated rings. The summed E-state index contributed by atoms with van der Waals surface area (Å²) in [4.78, 5) is 2.27. The molecule has 0 amide bonds. The van der Waals surface area contributed by atoms with Crippen molar-refractivity contribution in [2.75, 3.05) is 6.26 Å². The first-order valence-corrected chi connectivity index (χ1v) is 12.9. The van der Waals surface area contributed by atoms with Crippen LogP contribution in [-0.4, -0.2) is 14.7 Å². The monoisotopic (exact) mass is 442 g/mol. The molecule has 1 aromatic carbocycles. The summed E-state index contributed by atoms with van der Waals surface area (Å²) in [5.74, 6) is 0. The van der Waals surface area contributed by atoms with Gasteiger partial charge in [0.15, 0.2) is 9.84 Å². The minimum atomic E-state index is -3.31. The molecule has 0 saturated heterocycles. The van der Waals surface area contributed by atoms with Gasteiger partial charge in [-0.15, -0.1) is 11.3 Å². The molecule has 0 radical (unpaired) electrons. The molecule has 0 spiro atoms. The summed E-state index contributed by atoms with van der Waals surface area (Å²) in [7, 11) is -3.31. The third kappa shape index (κ3) is 6.29. The fraction of sp³-hybridized carbons (Fsp3) is 0.385. The van der Waals surface area contributed by atoms with Gasteiger partial charge in [-0.05, 0) is 33.6 Å². The van der Waals surface area contributed by atoms with Crippen molar-refractivity contribution in [2.45, 2.75) is 58.3 Å². The molecule has 2 rings (SSSR count). The summed E-state index contributed by atoms with van der Waals surface area (Å²) in [6.07, 6.45) is 10.0. The maximum atomic E-state index is 12.4. The molecule has 0 N–H and O–H groups in total. The Bertz CT molecular complexity index is 1050. The van der Waals surface area contributed by atoms with E-state index in [1.54, 1.807) is 17.4 Å². The molecule has 30 heavy (non-hydrogen) atoms. The minimum absolute atomic E-state index is 0.0258. The number of hydrogen-bond acceptors (Lipinski definition) is 3. The van der Waals surface area contributed by atoms with Crippen LogP contribution in [0, 0.1) is 5.41 Å². The van der Waals surface area contributed by atoms with Crippen molar-refractivity contribution in [1.29, 1.82) is 0 Å². The van der Waals surface area contributed by atoms with Crippen molar-refractivity contribution in [3.63, 3.8) is 0 Å². The Kier molecular flexibility index (Phi) is 7.36. The fourth-order valence-corrected chi connectivity index (χ4v) is 5.60. The van der Waals surface area contributed by atoms with Gasteiger partial charge < -0.3 is 0 Å². The number of hydrogen-bond donors (Lipinski definition) is 0. The van der Waals surface area contributed by atoms with E-state index >= 15 is 0 Å². The number of thiophene rings is 1. The molecule has 2 nitrogen and oxygen atoms in total. The molecule has 0 unspecified atom stereocenters. The zero-order valence-electron chi connectivity index (χ0n) is 19.2. The normalized spacial score (nSPS) is 13.8. The molecular formula is C26H34O2S2. The Morgan fingerprint density at radius 2 is 1.67 bits per heavy atom. The smallest absolute Gasteiger partial charge is 0.176 e. The Balaban J connectivity index is 2.39. The highest BCUT2D eigenvalue weighted by Crippen LogP contribution is 2.37. The number of rotatable bonds is 6. The molecule has 0 atom stereocenters. The molecule has 1 aromatic heterocycles. The van der Waals surface area contributed by atoms with E-state index in [4.69, 9.17) is 0 Å². The Morgan fingerprint density at radius 1 is 1.07 bits per heavy atom. The molecular weight excluding hydrogens is 408 g/mol. The van der Waals surface area contributed by atoms with Crippen LogP contribution in [0.4, 0.5) is 0 Å². The van der Waals surface area contributed by atoms with Crippen LogP contribution in [0.25, 0.3) is 10.4 Å². The second-order valence-corrected chi connectivity index (χ2v) is 12.8. The van der Waals surface area contributed by atoms with E-state index in [0.29, 0.717) is 11.3 Å². The second kappa shape index (κ2) is 9.07. The summed E-state index contributed by atoms with van der Waals surface area (Å²) in [6.45, 7) is 16.8. The van der Waals surface area contributed by atoms with E-state index in [2.05, 4.69) is 72.4 Å². The molecule has 0 saturated carbocycles. The van der Waals surface area contributed by atoms with Crippen LogP contribution in [0.5, 0.6) is 0 Å². The number of sulfone groups is 1. The van der Waals surface area contributed by atoms with E-state index in [-0.39, 0.29) is 10.8 Å². The molecule has 0 aliphatic carbocycles. The fourth-order valence-electron chi connectivity index (χ4n) is 3.11. The quantitative estimate of drug-likeness (QED) is 0.438. The van der Waals surface area contributed by atoms with Crippen LogP contribution >= 0.6 is 11.3 Å². The van der Waals surface area contributed by atoms with E-state index in [0.717, 1.165) is 15.3 Å². The topological polar surface area (TPSA) is 34.1 Å². The van der Waals surface area contributed by atoms with Gasteiger partial charge in [-0.3, -0.25) is 0 Å². The molecule has 0 aliphatic rings.